The third kappa shape index (κ3) is 6.76. The summed E-state index contributed by atoms with van der Waals surface area (Å²) in [5.74, 6) is 0.183. The molecule has 0 aliphatic heterocycles. The van der Waals surface area contributed by atoms with Crippen molar-refractivity contribution >= 4 is 11.8 Å². The van der Waals surface area contributed by atoms with Crippen molar-refractivity contribution in [2.24, 2.45) is 0 Å². The minimum absolute atomic E-state index is 0.0637. The van der Waals surface area contributed by atoms with Gasteiger partial charge in [0.05, 0.1) is 13.2 Å². The molecule has 0 saturated heterocycles. The van der Waals surface area contributed by atoms with E-state index in [1.54, 1.807) is 38.4 Å². The zero-order chi connectivity index (χ0) is 15.7. The Balaban J connectivity index is 2.42. The van der Waals surface area contributed by atoms with E-state index >= 15 is 0 Å². The largest absolute Gasteiger partial charge is 0.494 e. The lowest BCUT2D eigenvalue weighted by atomic mass is 10.2. The topological polar surface area (TPSA) is 70.7 Å². The summed E-state index contributed by atoms with van der Waals surface area (Å²) in [7, 11) is 3.41. The minimum Gasteiger partial charge on any atom is -0.494 e. The summed E-state index contributed by atoms with van der Waals surface area (Å²) in [5.41, 5.74) is 3.04. The Hall–Kier alpha value is -2.08. The predicted molar refractivity (Wildman–Crippen MR) is 81.0 cm³/mol. The molecule has 6 heteroatoms. The molecule has 0 fully saturated rings. The van der Waals surface area contributed by atoms with Gasteiger partial charge in [0.15, 0.2) is 0 Å². The SMILES string of the molecule is CCCCOc1ccc(C(=O)NCC(=O)NN(C)C)cc1. The van der Waals surface area contributed by atoms with Gasteiger partial charge in [0.1, 0.15) is 5.75 Å². The zero-order valence-corrected chi connectivity index (χ0v) is 12.8. The van der Waals surface area contributed by atoms with Gasteiger partial charge in [-0.05, 0) is 30.7 Å². The first kappa shape index (κ1) is 17.0. The lowest BCUT2D eigenvalue weighted by molar-refractivity contribution is -0.123. The summed E-state index contributed by atoms with van der Waals surface area (Å²) < 4.78 is 5.52. The van der Waals surface area contributed by atoms with Gasteiger partial charge in [-0.1, -0.05) is 13.3 Å². The van der Waals surface area contributed by atoms with E-state index in [2.05, 4.69) is 17.7 Å². The van der Waals surface area contributed by atoms with Gasteiger partial charge >= 0.3 is 0 Å². The Labute approximate surface area is 125 Å². The van der Waals surface area contributed by atoms with Crippen LogP contribution in [0, 0.1) is 0 Å². The van der Waals surface area contributed by atoms with Gasteiger partial charge in [0.25, 0.3) is 11.8 Å². The molecular weight excluding hydrogens is 270 g/mol. The van der Waals surface area contributed by atoms with E-state index in [0.29, 0.717) is 12.2 Å². The van der Waals surface area contributed by atoms with Crippen LogP contribution in [0.2, 0.25) is 0 Å². The maximum Gasteiger partial charge on any atom is 0.253 e. The molecule has 0 radical (unpaired) electrons. The van der Waals surface area contributed by atoms with Gasteiger partial charge in [-0.2, -0.15) is 0 Å². The number of nitrogens with one attached hydrogen (secondary N) is 2. The van der Waals surface area contributed by atoms with Crippen LogP contribution in [-0.2, 0) is 4.79 Å². The summed E-state index contributed by atoms with van der Waals surface area (Å²) in [6, 6.07) is 6.87. The molecular formula is C15H23N3O3. The molecule has 0 aliphatic carbocycles. The Morgan fingerprint density at radius 1 is 1.19 bits per heavy atom. The molecule has 0 spiro atoms. The third-order valence-corrected chi connectivity index (χ3v) is 2.64. The smallest absolute Gasteiger partial charge is 0.253 e. The fourth-order valence-electron chi connectivity index (χ4n) is 1.59. The lowest BCUT2D eigenvalue weighted by Gasteiger charge is -2.12. The number of hydrogen-bond donors (Lipinski definition) is 2. The summed E-state index contributed by atoms with van der Waals surface area (Å²) >= 11 is 0. The Morgan fingerprint density at radius 2 is 1.86 bits per heavy atom. The van der Waals surface area contributed by atoms with E-state index in [-0.39, 0.29) is 18.4 Å². The number of hydrazine groups is 1. The predicted octanol–water partition coefficient (Wildman–Crippen LogP) is 1.19. The van der Waals surface area contributed by atoms with Gasteiger partial charge in [0.2, 0.25) is 0 Å². The van der Waals surface area contributed by atoms with Gasteiger partial charge < -0.3 is 10.1 Å². The van der Waals surface area contributed by atoms with Crippen LogP contribution in [0.5, 0.6) is 5.75 Å². The van der Waals surface area contributed by atoms with E-state index in [9.17, 15) is 9.59 Å². The number of carbonyl (C=O) groups is 2. The van der Waals surface area contributed by atoms with Crippen molar-refractivity contribution in [3.63, 3.8) is 0 Å². The highest BCUT2D eigenvalue weighted by atomic mass is 16.5. The van der Waals surface area contributed by atoms with Crippen LogP contribution in [-0.4, -0.2) is 44.1 Å². The molecule has 1 rings (SSSR count). The Bertz CT molecular complexity index is 458. The number of benzene rings is 1. The highest BCUT2D eigenvalue weighted by Crippen LogP contribution is 2.12. The number of amides is 2. The molecule has 2 amide bonds. The molecule has 0 saturated carbocycles. The highest BCUT2D eigenvalue weighted by molar-refractivity contribution is 5.96. The van der Waals surface area contributed by atoms with Crippen molar-refractivity contribution in [1.29, 1.82) is 0 Å². The number of unbranched alkanes of at least 4 members (excludes halogenated alkanes) is 1. The summed E-state index contributed by atoms with van der Waals surface area (Å²) in [4.78, 5) is 23.3. The van der Waals surface area contributed by atoms with Crippen LogP contribution in [0.25, 0.3) is 0 Å². The van der Waals surface area contributed by atoms with Crippen LogP contribution in [0.4, 0.5) is 0 Å². The molecule has 21 heavy (non-hydrogen) atoms. The molecule has 1 aromatic carbocycles. The monoisotopic (exact) mass is 293 g/mol. The molecule has 2 N–H and O–H groups in total. The molecule has 0 heterocycles. The zero-order valence-electron chi connectivity index (χ0n) is 12.8. The van der Waals surface area contributed by atoms with Crippen LogP contribution < -0.4 is 15.5 Å². The quantitative estimate of drug-likeness (QED) is 0.558. The summed E-state index contributed by atoms with van der Waals surface area (Å²) in [5, 5.41) is 4.08. The second-order valence-electron chi connectivity index (χ2n) is 4.84. The van der Waals surface area contributed by atoms with E-state index in [4.69, 9.17) is 4.74 Å². The van der Waals surface area contributed by atoms with Crippen molar-refractivity contribution in [3.8, 4) is 5.75 Å². The van der Waals surface area contributed by atoms with Crippen molar-refractivity contribution in [3.05, 3.63) is 29.8 Å². The second kappa shape index (κ2) is 8.97. The normalized spacial score (nSPS) is 10.3. The van der Waals surface area contributed by atoms with Gasteiger partial charge in [0, 0.05) is 19.7 Å². The van der Waals surface area contributed by atoms with Crippen molar-refractivity contribution in [2.45, 2.75) is 19.8 Å². The molecule has 0 unspecified atom stereocenters. The fourth-order valence-corrected chi connectivity index (χ4v) is 1.59. The first-order chi connectivity index (χ1) is 10.0. The summed E-state index contributed by atoms with van der Waals surface area (Å²) in [6.45, 7) is 2.71. The van der Waals surface area contributed by atoms with E-state index in [1.807, 2.05) is 0 Å². The fraction of sp³-hybridized carbons (Fsp3) is 0.467. The van der Waals surface area contributed by atoms with Crippen molar-refractivity contribution in [2.75, 3.05) is 27.2 Å². The first-order valence-corrected chi connectivity index (χ1v) is 7.00. The number of rotatable bonds is 8. The maximum atomic E-state index is 11.9. The standard InChI is InChI=1S/C15H23N3O3/c1-4-5-10-21-13-8-6-12(7-9-13)15(20)16-11-14(19)17-18(2)3/h6-9H,4-5,10-11H2,1-3H3,(H,16,20)(H,17,19). The van der Waals surface area contributed by atoms with E-state index < -0.39 is 0 Å². The number of hydrogen-bond acceptors (Lipinski definition) is 4. The molecule has 0 atom stereocenters. The lowest BCUT2D eigenvalue weighted by Crippen LogP contribution is -2.43. The van der Waals surface area contributed by atoms with Gasteiger partial charge in [-0.15, -0.1) is 0 Å². The van der Waals surface area contributed by atoms with Crippen molar-refractivity contribution < 1.29 is 14.3 Å². The molecule has 6 nitrogen and oxygen atoms in total. The first-order valence-electron chi connectivity index (χ1n) is 7.00. The molecule has 0 aromatic heterocycles. The maximum absolute atomic E-state index is 11.9. The summed E-state index contributed by atoms with van der Waals surface area (Å²) in [6.07, 6.45) is 2.08. The Kier molecular flexibility index (Phi) is 7.25. The van der Waals surface area contributed by atoms with Crippen molar-refractivity contribution in [1.82, 2.24) is 15.8 Å². The molecule has 1 aromatic rings. The average Bonchev–Trinajstić information content (AvgIpc) is 2.45. The van der Waals surface area contributed by atoms with Crippen LogP contribution in [0.1, 0.15) is 30.1 Å². The number of ether oxygens (including phenoxy) is 1. The van der Waals surface area contributed by atoms with E-state index in [1.165, 1.54) is 5.01 Å². The third-order valence-electron chi connectivity index (χ3n) is 2.64. The average molecular weight is 293 g/mol. The Morgan fingerprint density at radius 3 is 2.43 bits per heavy atom. The molecule has 116 valence electrons. The highest BCUT2D eigenvalue weighted by Gasteiger charge is 2.08. The number of carbonyl (C=O) groups excluding carboxylic acids is 2. The second-order valence-corrected chi connectivity index (χ2v) is 4.84. The minimum atomic E-state index is -0.288. The van der Waals surface area contributed by atoms with E-state index in [0.717, 1.165) is 18.6 Å². The van der Waals surface area contributed by atoms with Crippen LogP contribution in [0.15, 0.2) is 24.3 Å². The van der Waals surface area contributed by atoms with Gasteiger partial charge in [-0.25, -0.2) is 5.01 Å². The van der Waals surface area contributed by atoms with Crippen LogP contribution >= 0.6 is 0 Å². The van der Waals surface area contributed by atoms with Gasteiger partial charge in [-0.3, -0.25) is 15.0 Å². The van der Waals surface area contributed by atoms with Crippen LogP contribution in [0.3, 0.4) is 0 Å². The molecule has 0 bridgehead atoms. The molecule has 0 aliphatic rings. The number of nitrogens with zero attached hydrogens (tertiary/aromatic N) is 1.